The van der Waals surface area contributed by atoms with Crippen LogP contribution in [0.5, 0.6) is 5.75 Å². The van der Waals surface area contributed by atoms with Gasteiger partial charge in [0.05, 0.1) is 12.2 Å². The van der Waals surface area contributed by atoms with Crippen molar-refractivity contribution in [3.63, 3.8) is 0 Å². The molecule has 1 aromatic heterocycles. The first kappa shape index (κ1) is 12.4. The summed E-state index contributed by atoms with van der Waals surface area (Å²) in [7, 11) is 0. The molecule has 1 atom stereocenters. The van der Waals surface area contributed by atoms with Gasteiger partial charge in [0.25, 0.3) is 5.91 Å². The normalized spacial score (nSPS) is 17.6. The second kappa shape index (κ2) is 4.80. The standard InChI is InChI=1S/C14H14N4O2/c1-9-14(19)18(8-13-16-5-2-6-17-13)11-4-3-10(15)7-12(11)20-9/h2-7,9H,8,15H2,1H3. The number of nitrogens with zero attached hydrogens (tertiary/aromatic N) is 3. The lowest BCUT2D eigenvalue weighted by Gasteiger charge is -2.32. The molecule has 102 valence electrons. The summed E-state index contributed by atoms with van der Waals surface area (Å²) in [6.07, 6.45) is 2.76. The minimum Gasteiger partial charge on any atom is -0.479 e. The van der Waals surface area contributed by atoms with E-state index in [9.17, 15) is 4.79 Å². The summed E-state index contributed by atoms with van der Waals surface area (Å²) in [5, 5.41) is 0. The van der Waals surface area contributed by atoms with Gasteiger partial charge >= 0.3 is 0 Å². The van der Waals surface area contributed by atoms with E-state index in [1.807, 2.05) is 0 Å². The van der Waals surface area contributed by atoms with Crippen molar-refractivity contribution in [2.45, 2.75) is 19.6 Å². The highest BCUT2D eigenvalue weighted by atomic mass is 16.5. The fraction of sp³-hybridized carbons (Fsp3) is 0.214. The molecule has 2 N–H and O–H groups in total. The summed E-state index contributed by atoms with van der Waals surface area (Å²) >= 11 is 0. The van der Waals surface area contributed by atoms with Crippen molar-refractivity contribution in [3.05, 3.63) is 42.5 Å². The average Bonchev–Trinajstić information content (AvgIpc) is 2.45. The Kier molecular flexibility index (Phi) is 2.98. The average molecular weight is 270 g/mol. The van der Waals surface area contributed by atoms with E-state index in [-0.39, 0.29) is 5.91 Å². The molecule has 0 saturated heterocycles. The van der Waals surface area contributed by atoms with E-state index in [0.29, 0.717) is 29.5 Å². The Morgan fingerprint density at radius 3 is 2.85 bits per heavy atom. The Balaban J connectivity index is 1.99. The molecule has 1 aromatic carbocycles. The smallest absolute Gasteiger partial charge is 0.268 e. The molecule has 3 rings (SSSR count). The molecule has 6 nitrogen and oxygen atoms in total. The molecule has 2 heterocycles. The fourth-order valence-corrected chi connectivity index (χ4v) is 2.14. The number of ether oxygens (including phenoxy) is 1. The number of fused-ring (bicyclic) bond motifs is 1. The molecule has 0 aliphatic carbocycles. The van der Waals surface area contributed by atoms with Gasteiger partial charge < -0.3 is 10.5 Å². The highest BCUT2D eigenvalue weighted by Gasteiger charge is 2.32. The van der Waals surface area contributed by atoms with E-state index in [2.05, 4.69) is 9.97 Å². The van der Waals surface area contributed by atoms with Crippen molar-refractivity contribution >= 4 is 17.3 Å². The zero-order valence-corrected chi connectivity index (χ0v) is 11.0. The largest absolute Gasteiger partial charge is 0.479 e. The Morgan fingerprint density at radius 1 is 1.35 bits per heavy atom. The Hall–Kier alpha value is -2.63. The van der Waals surface area contributed by atoms with Crippen LogP contribution in [0.1, 0.15) is 12.7 Å². The molecule has 0 fully saturated rings. The second-order valence-electron chi connectivity index (χ2n) is 4.58. The molecule has 0 radical (unpaired) electrons. The molecule has 0 spiro atoms. The number of aromatic nitrogens is 2. The number of anilines is 2. The van der Waals surface area contributed by atoms with Crippen molar-refractivity contribution in [3.8, 4) is 5.75 Å². The SMILES string of the molecule is CC1Oc2cc(N)ccc2N(Cc2ncccn2)C1=O. The van der Waals surface area contributed by atoms with Crippen molar-refractivity contribution < 1.29 is 9.53 Å². The maximum absolute atomic E-state index is 12.3. The summed E-state index contributed by atoms with van der Waals surface area (Å²) in [4.78, 5) is 22.2. The quantitative estimate of drug-likeness (QED) is 0.833. The second-order valence-corrected chi connectivity index (χ2v) is 4.58. The highest BCUT2D eigenvalue weighted by molar-refractivity contribution is 5.99. The molecular formula is C14H14N4O2. The van der Waals surface area contributed by atoms with Crippen LogP contribution < -0.4 is 15.4 Å². The van der Waals surface area contributed by atoms with Crippen LogP contribution in [0.4, 0.5) is 11.4 Å². The molecule has 1 aliphatic heterocycles. The minimum atomic E-state index is -0.548. The van der Waals surface area contributed by atoms with Gasteiger partial charge in [0.1, 0.15) is 11.6 Å². The van der Waals surface area contributed by atoms with Gasteiger partial charge in [0.2, 0.25) is 0 Å². The lowest BCUT2D eigenvalue weighted by molar-refractivity contribution is -0.125. The number of hydrogen-bond acceptors (Lipinski definition) is 5. The van der Waals surface area contributed by atoms with Gasteiger partial charge in [-0.15, -0.1) is 0 Å². The third kappa shape index (κ3) is 2.16. The van der Waals surface area contributed by atoms with E-state index < -0.39 is 6.10 Å². The molecule has 6 heteroatoms. The Bertz CT molecular complexity index is 645. The monoisotopic (exact) mass is 270 g/mol. The maximum Gasteiger partial charge on any atom is 0.268 e. The van der Waals surface area contributed by atoms with Crippen molar-refractivity contribution in [1.82, 2.24) is 9.97 Å². The molecule has 2 aromatic rings. The van der Waals surface area contributed by atoms with Crippen molar-refractivity contribution in [2.24, 2.45) is 0 Å². The van der Waals surface area contributed by atoms with E-state index in [1.54, 1.807) is 48.5 Å². The van der Waals surface area contributed by atoms with Crippen LogP contribution in [0, 0.1) is 0 Å². The lowest BCUT2D eigenvalue weighted by Crippen LogP contribution is -2.44. The van der Waals surface area contributed by atoms with Crippen LogP contribution in [-0.4, -0.2) is 22.0 Å². The highest BCUT2D eigenvalue weighted by Crippen LogP contribution is 2.36. The first-order valence-electron chi connectivity index (χ1n) is 6.28. The zero-order chi connectivity index (χ0) is 14.1. The maximum atomic E-state index is 12.3. The number of nitrogen functional groups attached to an aromatic ring is 1. The van der Waals surface area contributed by atoms with Crippen LogP contribution in [0.25, 0.3) is 0 Å². The number of hydrogen-bond donors (Lipinski definition) is 1. The summed E-state index contributed by atoms with van der Waals surface area (Å²) in [5.41, 5.74) is 7.04. The molecule has 1 aliphatic rings. The molecule has 20 heavy (non-hydrogen) atoms. The summed E-state index contributed by atoms with van der Waals surface area (Å²) in [5.74, 6) is 1.07. The first-order chi connectivity index (χ1) is 9.65. The van der Waals surface area contributed by atoms with Crippen molar-refractivity contribution in [1.29, 1.82) is 0 Å². The molecular weight excluding hydrogens is 256 g/mol. The predicted molar refractivity (Wildman–Crippen MR) is 74.2 cm³/mol. The first-order valence-corrected chi connectivity index (χ1v) is 6.28. The molecule has 1 unspecified atom stereocenters. The number of nitrogens with two attached hydrogens (primary N) is 1. The van der Waals surface area contributed by atoms with Gasteiger partial charge in [-0.1, -0.05) is 0 Å². The number of carbonyl (C=O) groups excluding carboxylic acids is 1. The number of rotatable bonds is 2. The number of amides is 1. The summed E-state index contributed by atoms with van der Waals surface area (Å²) in [6.45, 7) is 2.03. The predicted octanol–water partition coefficient (Wildman–Crippen LogP) is 1.37. The Labute approximate surface area is 116 Å². The van der Waals surface area contributed by atoms with Gasteiger partial charge in [-0.3, -0.25) is 9.69 Å². The van der Waals surface area contributed by atoms with Gasteiger partial charge in [-0.25, -0.2) is 9.97 Å². The minimum absolute atomic E-state index is 0.116. The zero-order valence-electron chi connectivity index (χ0n) is 11.0. The van der Waals surface area contributed by atoms with E-state index in [1.165, 1.54) is 0 Å². The van der Waals surface area contributed by atoms with Gasteiger partial charge in [0, 0.05) is 24.1 Å². The Morgan fingerprint density at radius 2 is 2.10 bits per heavy atom. The van der Waals surface area contributed by atoms with Crippen LogP contribution >= 0.6 is 0 Å². The summed E-state index contributed by atoms with van der Waals surface area (Å²) < 4.78 is 5.58. The van der Waals surface area contributed by atoms with E-state index in [0.717, 1.165) is 0 Å². The van der Waals surface area contributed by atoms with Crippen LogP contribution in [-0.2, 0) is 11.3 Å². The molecule has 0 bridgehead atoms. The van der Waals surface area contributed by atoms with Gasteiger partial charge in [-0.2, -0.15) is 0 Å². The van der Waals surface area contributed by atoms with Gasteiger partial charge in [-0.05, 0) is 25.1 Å². The third-order valence-electron chi connectivity index (χ3n) is 3.11. The summed E-state index contributed by atoms with van der Waals surface area (Å²) in [6, 6.07) is 6.97. The van der Waals surface area contributed by atoms with Crippen LogP contribution in [0.3, 0.4) is 0 Å². The van der Waals surface area contributed by atoms with E-state index in [4.69, 9.17) is 10.5 Å². The third-order valence-corrected chi connectivity index (χ3v) is 3.11. The van der Waals surface area contributed by atoms with Crippen LogP contribution in [0.2, 0.25) is 0 Å². The lowest BCUT2D eigenvalue weighted by atomic mass is 10.1. The van der Waals surface area contributed by atoms with Crippen molar-refractivity contribution in [2.75, 3.05) is 10.6 Å². The van der Waals surface area contributed by atoms with Crippen LogP contribution in [0.15, 0.2) is 36.7 Å². The fourth-order valence-electron chi connectivity index (χ4n) is 2.14. The topological polar surface area (TPSA) is 81.3 Å². The number of carbonyl (C=O) groups is 1. The molecule has 1 amide bonds. The molecule has 0 saturated carbocycles. The van der Waals surface area contributed by atoms with Gasteiger partial charge in [0.15, 0.2) is 6.10 Å². The number of benzene rings is 1. The van der Waals surface area contributed by atoms with E-state index >= 15 is 0 Å².